The molecule has 0 fully saturated rings. The molecule has 0 aliphatic carbocycles. The zero-order valence-corrected chi connectivity index (χ0v) is 29.9. The molecule has 0 bridgehead atoms. The Labute approximate surface area is 254 Å². The summed E-state index contributed by atoms with van der Waals surface area (Å²) in [6.45, 7) is 34.4. The number of benzene rings is 2. The molecule has 41 heavy (non-hydrogen) atoms. The highest BCUT2D eigenvalue weighted by Gasteiger charge is 2.35. The molecule has 2 aromatic carbocycles. The molecule has 0 N–H and O–H groups in total. The van der Waals surface area contributed by atoms with Gasteiger partial charge in [0.1, 0.15) is 17.2 Å². The molecule has 0 radical (unpaired) electrons. The van der Waals surface area contributed by atoms with E-state index in [0.29, 0.717) is 12.3 Å². The van der Waals surface area contributed by atoms with E-state index in [1.165, 1.54) is 33.4 Å². The Morgan fingerprint density at radius 3 is 1.76 bits per heavy atom. The standard InChI is InChI=1S/C37H59O3P/c1-16-17-26(18-23(2)3)38-32-27-20-24-19-25(34(4,5)6)21-28(35(7,8)9)31(24)39-41-40-33(27)30(37(13,14)15)22-29(32)36(10,11)12/h19,21-23,26,41H,16-18,20H2,1-15H3. The predicted octanol–water partition coefficient (Wildman–Crippen LogP) is 11.3. The number of fused-ring (bicyclic) bond motifs is 2. The van der Waals surface area contributed by atoms with Gasteiger partial charge < -0.3 is 13.8 Å². The smallest absolute Gasteiger partial charge is 0.275 e. The zero-order chi connectivity index (χ0) is 31.1. The maximum atomic E-state index is 7.18. The van der Waals surface area contributed by atoms with Crippen molar-refractivity contribution in [3.8, 4) is 17.2 Å². The van der Waals surface area contributed by atoms with Crippen molar-refractivity contribution in [1.29, 1.82) is 0 Å². The monoisotopic (exact) mass is 582 g/mol. The number of hydrogen-bond acceptors (Lipinski definition) is 3. The first-order chi connectivity index (χ1) is 18.6. The van der Waals surface area contributed by atoms with Crippen molar-refractivity contribution in [3.63, 3.8) is 0 Å². The summed E-state index contributed by atoms with van der Waals surface area (Å²) in [6, 6.07) is 7.10. The van der Waals surface area contributed by atoms with Crippen LogP contribution in [0.4, 0.5) is 0 Å². The highest BCUT2D eigenvalue weighted by molar-refractivity contribution is 7.27. The van der Waals surface area contributed by atoms with Gasteiger partial charge in [-0.2, -0.15) is 0 Å². The minimum atomic E-state index is -0.125. The van der Waals surface area contributed by atoms with Crippen molar-refractivity contribution in [3.05, 3.63) is 51.6 Å². The fourth-order valence-electron chi connectivity index (χ4n) is 5.69. The van der Waals surface area contributed by atoms with Gasteiger partial charge in [0, 0.05) is 28.7 Å². The molecule has 0 saturated heterocycles. The molecular formula is C37H59O3P. The molecular weight excluding hydrogens is 523 g/mol. The molecule has 3 rings (SSSR count). The summed E-state index contributed by atoms with van der Waals surface area (Å²) in [5.41, 5.74) is 7.25. The van der Waals surface area contributed by atoms with Gasteiger partial charge in [-0.15, -0.1) is 0 Å². The first-order valence-electron chi connectivity index (χ1n) is 15.8. The summed E-state index contributed by atoms with van der Waals surface area (Å²) in [7, 11) is -0.125. The van der Waals surface area contributed by atoms with Gasteiger partial charge in [0.2, 0.25) is 0 Å². The molecule has 0 amide bonds. The lowest BCUT2D eigenvalue weighted by Gasteiger charge is -2.35. The second-order valence-electron chi connectivity index (χ2n) is 16.7. The van der Waals surface area contributed by atoms with Crippen molar-refractivity contribution in [1.82, 2.24) is 0 Å². The van der Waals surface area contributed by atoms with Crippen molar-refractivity contribution in [2.75, 3.05) is 0 Å². The third kappa shape index (κ3) is 8.01. The van der Waals surface area contributed by atoms with Crippen LogP contribution < -0.4 is 13.8 Å². The van der Waals surface area contributed by atoms with E-state index in [0.717, 1.165) is 36.5 Å². The molecule has 2 atom stereocenters. The van der Waals surface area contributed by atoms with Gasteiger partial charge in [-0.1, -0.05) is 122 Å². The first-order valence-corrected chi connectivity index (χ1v) is 16.6. The molecule has 2 aromatic rings. The lowest BCUT2D eigenvalue weighted by Crippen LogP contribution is -2.25. The summed E-state index contributed by atoms with van der Waals surface area (Å²) >= 11 is 0. The molecule has 0 saturated carbocycles. The van der Waals surface area contributed by atoms with E-state index in [1.54, 1.807) is 0 Å². The molecule has 0 aromatic heterocycles. The second-order valence-corrected chi connectivity index (χ2v) is 17.3. The fraction of sp³-hybridized carbons (Fsp3) is 0.676. The van der Waals surface area contributed by atoms with Crippen LogP contribution in [0.2, 0.25) is 0 Å². The Morgan fingerprint density at radius 2 is 1.27 bits per heavy atom. The number of rotatable bonds is 6. The van der Waals surface area contributed by atoms with Gasteiger partial charge in [0.25, 0.3) is 9.03 Å². The van der Waals surface area contributed by atoms with Crippen LogP contribution in [0.5, 0.6) is 17.2 Å². The minimum absolute atomic E-state index is 0.0195. The van der Waals surface area contributed by atoms with Gasteiger partial charge in [0.15, 0.2) is 0 Å². The average molecular weight is 583 g/mol. The Balaban J connectivity index is 2.43. The van der Waals surface area contributed by atoms with E-state index in [4.69, 9.17) is 13.8 Å². The molecule has 4 heteroatoms. The largest absolute Gasteiger partial charge is 0.490 e. The Hall–Kier alpha value is -1.73. The van der Waals surface area contributed by atoms with Gasteiger partial charge in [0.05, 0.1) is 6.10 Å². The van der Waals surface area contributed by atoms with E-state index in [9.17, 15) is 0 Å². The van der Waals surface area contributed by atoms with E-state index in [2.05, 4.69) is 122 Å². The fourth-order valence-corrected chi connectivity index (χ4v) is 6.38. The van der Waals surface area contributed by atoms with E-state index < -0.39 is 0 Å². The van der Waals surface area contributed by atoms with Gasteiger partial charge in [-0.25, -0.2) is 0 Å². The Morgan fingerprint density at radius 1 is 0.732 bits per heavy atom. The van der Waals surface area contributed by atoms with Gasteiger partial charge >= 0.3 is 0 Å². The van der Waals surface area contributed by atoms with Crippen LogP contribution in [0.3, 0.4) is 0 Å². The third-order valence-corrected chi connectivity index (χ3v) is 8.64. The van der Waals surface area contributed by atoms with Gasteiger partial charge in [-0.3, -0.25) is 0 Å². The molecule has 3 nitrogen and oxygen atoms in total. The summed E-state index contributed by atoms with van der Waals surface area (Å²) in [4.78, 5) is 0. The number of ether oxygens (including phenoxy) is 1. The van der Waals surface area contributed by atoms with Gasteiger partial charge in [-0.05, 0) is 57.6 Å². The van der Waals surface area contributed by atoms with Crippen LogP contribution in [0.1, 0.15) is 156 Å². The molecule has 1 heterocycles. The Kier molecular flexibility index (Phi) is 9.97. The van der Waals surface area contributed by atoms with Crippen molar-refractivity contribution in [2.45, 2.75) is 157 Å². The van der Waals surface area contributed by atoms with Crippen LogP contribution in [0.25, 0.3) is 0 Å². The SMILES string of the molecule is CCCC(CC(C)C)Oc1c(C(C)(C)C)cc(C(C)(C)C)c2c1Cc1cc(C(C)(C)C)cc(C(C)(C)C)c1OPO2. The maximum absolute atomic E-state index is 7.18. The van der Waals surface area contributed by atoms with Crippen LogP contribution in [-0.2, 0) is 28.1 Å². The molecule has 1 aliphatic rings. The lowest BCUT2D eigenvalue weighted by atomic mass is 9.76. The predicted molar refractivity (Wildman–Crippen MR) is 179 cm³/mol. The van der Waals surface area contributed by atoms with Crippen molar-refractivity contribution in [2.24, 2.45) is 5.92 Å². The van der Waals surface area contributed by atoms with E-state index in [1.807, 2.05) is 0 Å². The maximum Gasteiger partial charge on any atom is 0.275 e. The minimum Gasteiger partial charge on any atom is -0.490 e. The van der Waals surface area contributed by atoms with E-state index >= 15 is 0 Å². The van der Waals surface area contributed by atoms with Crippen LogP contribution in [0, 0.1) is 5.92 Å². The van der Waals surface area contributed by atoms with Crippen molar-refractivity contribution < 1.29 is 13.8 Å². The normalized spacial score (nSPS) is 15.9. The molecule has 230 valence electrons. The van der Waals surface area contributed by atoms with Crippen LogP contribution in [-0.4, -0.2) is 6.10 Å². The molecule has 1 aliphatic heterocycles. The highest BCUT2D eigenvalue weighted by atomic mass is 31.1. The Bertz CT molecular complexity index is 1210. The van der Waals surface area contributed by atoms with Crippen molar-refractivity contribution >= 4 is 9.03 Å². The topological polar surface area (TPSA) is 27.7 Å². The van der Waals surface area contributed by atoms with Crippen LogP contribution in [0.15, 0.2) is 18.2 Å². The summed E-state index contributed by atoms with van der Waals surface area (Å²) in [6.07, 6.45) is 4.06. The molecule has 0 spiro atoms. The average Bonchev–Trinajstić information content (AvgIpc) is 2.76. The first kappa shape index (κ1) is 33.8. The lowest BCUT2D eigenvalue weighted by molar-refractivity contribution is 0.158. The summed E-state index contributed by atoms with van der Waals surface area (Å²) < 4.78 is 20.4. The van der Waals surface area contributed by atoms with Crippen LogP contribution >= 0.6 is 9.03 Å². The quantitative estimate of drug-likeness (QED) is 0.317. The highest BCUT2D eigenvalue weighted by Crippen LogP contribution is 2.51. The van der Waals surface area contributed by atoms with E-state index in [-0.39, 0.29) is 36.8 Å². The summed E-state index contributed by atoms with van der Waals surface area (Å²) in [5.74, 6) is 3.51. The summed E-state index contributed by atoms with van der Waals surface area (Å²) in [5, 5.41) is 0. The third-order valence-electron chi connectivity index (χ3n) is 8.07. The molecule has 2 unspecified atom stereocenters. The zero-order valence-electron chi connectivity index (χ0n) is 28.9. The number of hydrogen-bond donors (Lipinski definition) is 0. The second kappa shape index (κ2) is 12.1.